The van der Waals surface area contributed by atoms with E-state index in [0.717, 1.165) is 18.7 Å². The Morgan fingerprint density at radius 3 is 2.95 bits per heavy atom. The fraction of sp³-hybridized carbons (Fsp3) is 0.688. The van der Waals surface area contributed by atoms with Crippen LogP contribution in [-0.4, -0.2) is 23.2 Å². The molecule has 1 aliphatic carbocycles. The van der Waals surface area contributed by atoms with Crippen molar-refractivity contribution in [1.82, 2.24) is 10.3 Å². The third kappa shape index (κ3) is 2.98. The maximum absolute atomic E-state index is 6.09. The van der Waals surface area contributed by atoms with Crippen LogP contribution < -0.4 is 5.32 Å². The molecule has 0 aromatic carbocycles. The summed E-state index contributed by atoms with van der Waals surface area (Å²) in [6.45, 7) is 3.12. The molecule has 3 nitrogen and oxygen atoms in total. The summed E-state index contributed by atoms with van der Waals surface area (Å²) < 4.78 is 6.09. The van der Waals surface area contributed by atoms with Crippen LogP contribution in [0.3, 0.4) is 0 Å². The molecule has 1 saturated heterocycles. The van der Waals surface area contributed by atoms with Gasteiger partial charge in [0.25, 0.3) is 0 Å². The van der Waals surface area contributed by atoms with Gasteiger partial charge in [-0.2, -0.15) is 0 Å². The zero-order chi connectivity index (χ0) is 13.1. The summed E-state index contributed by atoms with van der Waals surface area (Å²) in [5.74, 6) is 0. The standard InChI is InChI=1S/C16H24N2O/c1-13(15-6-2-5-10-17-15)18-14-7-11-19-16(12-14)8-3-4-9-16/h2,5-6,10,13-14,18H,3-4,7-9,11-12H2,1H3/t13-,14?/m0/s1. The predicted molar refractivity (Wildman–Crippen MR) is 76.0 cm³/mol. The molecule has 1 aromatic rings. The van der Waals surface area contributed by atoms with Gasteiger partial charge in [0.2, 0.25) is 0 Å². The van der Waals surface area contributed by atoms with E-state index in [9.17, 15) is 0 Å². The van der Waals surface area contributed by atoms with E-state index in [0.29, 0.717) is 12.1 Å². The maximum Gasteiger partial charge on any atom is 0.0697 e. The van der Waals surface area contributed by atoms with Crippen molar-refractivity contribution in [1.29, 1.82) is 0 Å². The number of nitrogens with one attached hydrogen (secondary N) is 1. The molecule has 2 heterocycles. The van der Waals surface area contributed by atoms with Gasteiger partial charge in [-0.05, 0) is 44.7 Å². The van der Waals surface area contributed by atoms with Gasteiger partial charge >= 0.3 is 0 Å². The Bertz CT molecular complexity index is 400. The SMILES string of the molecule is C[C@H](NC1CCOC2(CCCC2)C1)c1ccccn1. The van der Waals surface area contributed by atoms with Crippen LogP contribution in [0.4, 0.5) is 0 Å². The van der Waals surface area contributed by atoms with Crippen molar-refractivity contribution in [3.63, 3.8) is 0 Å². The third-order valence-corrected chi connectivity index (χ3v) is 4.62. The molecule has 19 heavy (non-hydrogen) atoms. The van der Waals surface area contributed by atoms with Gasteiger partial charge in [-0.3, -0.25) is 4.98 Å². The molecule has 104 valence electrons. The summed E-state index contributed by atoms with van der Waals surface area (Å²) in [6.07, 6.45) is 9.34. The molecule has 1 aromatic heterocycles. The highest BCUT2D eigenvalue weighted by Crippen LogP contribution is 2.40. The van der Waals surface area contributed by atoms with Crippen molar-refractivity contribution in [3.05, 3.63) is 30.1 Å². The fourth-order valence-corrected chi connectivity index (χ4v) is 3.61. The predicted octanol–water partition coefficient (Wildman–Crippen LogP) is 3.22. The molecule has 1 saturated carbocycles. The third-order valence-electron chi connectivity index (χ3n) is 4.62. The lowest BCUT2D eigenvalue weighted by Crippen LogP contribution is -2.46. The van der Waals surface area contributed by atoms with Gasteiger partial charge in [-0.15, -0.1) is 0 Å². The molecule has 0 bridgehead atoms. The second kappa shape index (κ2) is 5.59. The van der Waals surface area contributed by atoms with E-state index in [-0.39, 0.29) is 5.60 Å². The van der Waals surface area contributed by atoms with E-state index < -0.39 is 0 Å². The Labute approximate surface area is 115 Å². The smallest absolute Gasteiger partial charge is 0.0697 e. The molecule has 1 unspecified atom stereocenters. The minimum atomic E-state index is 0.194. The first kappa shape index (κ1) is 13.1. The zero-order valence-corrected chi connectivity index (χ0v) is 11.8. The molecular weight excluding hydrogens is 236 g/mol. The van der Waals surface area contributed by atoms with E-state index in [4.69, 9.17) is 4.74 Å². The van der Waals surface area contributed by atoms with Gasteiger partial charge in [-0.1, -0.05) is 18.9 Å². The number of nitrogens with zero attached hydrogens (tertiary/aromatic N) is 1. The second-order valence-electron chi connectivity index (χ2n) is 6.07. The highest BCUT2D eigenvalue weighted by molar-refractivity contribution is 5.08. The number of aromatic nitrogens is 1. The van der Waals surface area contributed by atoms with Crippen molar-refractivity contribution in [2.45, 2.75) is 63.1 Å². The van der Waals surface area contributed by atoms with Gasteiger partial charge in [-0.25, -0.2) is 0 Å². The summed E-state index contributed by atoms with van der Waals surface area (Å²) >= 11 is 0. The van der Waals surface area contributed by atoms with Crippen molar-refractivity contribution >= 4 is 0 Å². The van der Waals surface area contributed by atoms with Crippen molar-refractivity contribution in [2.24, 2.45) is 0 Å². The number of hydrogen-bond acceptors (Lipinski definition) is 3. The van der Waals surface area contributed by atoms with Crippen LogP contribution in [0.2, 0.25) is 0 Å². The highest BCUT2D eigenvalue weighted by atomic mass is 16.5. The van der Waals surface area contributed by atoms with E-state index in [2.05, 4.69) is 29.4 Å². The molecule has 0 amide bonds. The van der Waals surface area contributed by atoms with Crippen LogP contribution in [0.1, 0.15) is 57.2 Å². The lowest BCUT2D eigenvalue weighted by Gasteiger charge is -2.39. The zero-order valence-electron chi connectivity index (χ0n) is 11.8. The molecule has 1 aliphatic heterocycles. The van der Waals surface area contributed by atoms with E-state index >= 15 is 0 Å². The van der Waals surface area contributed by atoms with Crippen LogP contribution in [0.5, 0.6) is 0 Å². The molecular formula is C16H24N2O. The minimum Gasteiger partial charge on any atom is -0.375 e. The van der Waals surface area contributed by atoms with Crippen LogP contribution in [0.15, 0.2) is 24.4 Å². The Hall–Kier alpha value is -0.930. The summed E-state index contributed by atoms with van der Waals surface area (Å²) in [4.78, 5) is 4.44. The number of ether oxygens (including phenoxy) is 1. The lowest BCUT2D eigenvalue weighted by atomic mass is 9.88. The number of hydrogen-bond donors (Lipinski definition) is 1. The molecule has 3 heteroatoms. The minimum absolute atomic E-state index is 0.194. The molecule has 2 atom stereocenters. The molecule has 2 aliphatic rings. The summed E-state index contributed by atoms with van der Waals surface area (Å²) in [7, 11) is 0. The van der Waals surface area contributed by atoms with Crippen LogP contribution in [0, 0.1) is 0 Å². The van der Waals surface area contributed by atoms with Crippen molar-refractivity contribution < 1.29 is 4.74 Å². The van der Waals surface area contributed by atoms with E-state index in [1.54, 1.807) is 0 Å². The maximum atomic E-state index is 6.09. The largest absolute Gasteiger partial charge is 0.375 e. The van der Waals surface area contributed by atoms with Crippen LogP contribution in [-0.2, 0) is 4.74 Å². The Kier molecular flexibility index (Phi) is 3.85. The Balaban J connectivity index is 1.60. The topological polar surface area (TPSA) is 34.1 Å². The second-order valence-corrected chi connectivity index (χ2v) is 6.07. The van der Waals surface area contributed by atoms with E-state index in [1.165, 1.54) is 32.1 Å². The quantitative estimate of drug-likeness (QED) is 0.906. The first-order valence-electron chi connectivity index (χ1n) is 7.58. The van der Waals surface area contributed by atoms with Crippen molar-refractivity contribution in [2.75, 3.05) is 6.61 Å². The van der Waals surface area contributed by atoms with Gasteiger partial charge in [0.05, 0.1) is 11.3 Å². The molecule has 3 rings (SSSR count). The summed E-state index contributed by atoms with van der Waals surface area (Å²) in [5.41, 5.74) is 1.33. The molecule has 0 radical (unpaired) electrons. The molecule has 1 N–H and O–H groups in total. The van der Waals surface area contributed by atoms with Gasteiger partial charge < -0.3 is 10.1 Å². The number of pyridine rings is 1. The fourth-order valence-electron chi connectivity index (χ4n) is 3.61. The molecule has 2 fully saturated rings. The van der Waals surface area contributed by atoms with Crippen LogP contribution >= 0.6 is 0 Å². The molecule has 1 spiro atoms. The average molecular weight is 260 g/mol. The normalized spacial score (nSPS) is 27.5. The van der Waals surface area contributed by atoms with Crippen molar-refractivity contribution in [3.8, 4) is 0 Å². The van der Waals surface area contributed by atoms with E-state index in [1.807, 2.05) is 12.3 Å². The number of rotatable bonds is 3. The highest BCUT2D eigenvalue weighted by Gasteiger charge is 2.40. The average Bonchev–Trinajstić information content (AvgIpc) is 2.88. The lowest BCUT2D eigenvalue weighted by molar-refractivity contribution is -0.0846. The van der Waals surface area contributed by atoms with Gasteiger partial charge in [0.15, 0.2) is 0 Å². The Morgan fingerprint density at radius 2 is 2.21 bits per heavy atom. The monoisotopic (exact) mass is 260 g/mol. The first-order chi connectivity index (χ1) is 9.27. The van der Waals surface area contributed by atoms with Gasteiger partial charge in [0.1, 0.15) is 0 Å². The summed E-state index contributed by atoms with van der Waals surface area (Å²) in [6, 6.07) is 7.02. The van der Waals surface area contributed by atoms with Gasteiger partial charge in [0, 0.05) is 24.9 Å². The summed E-state index contributed by atoms with van der Waals surface area (Å²) in [5, 5.41) is 3.74. The Morgan fingerprint density at radius 1 is 1.37 bits per heavy atom. The first-order valence-corrected chi connectivity index (χ1v) is 7.58. The van der Waals surface area contributed by atoms with Crippen LogP contribution in [0.25, 0.3) is 0 Å².